The molecule has 0 radical (unpaired) electrons. The van der Waals surface area contributed by atoms with Crippen molar-refractivity contribution in [3.8, 4) is 16.3 Å². The topological polar surface area (TPSA) is 29.9 Å². The Labute approximate surface area is 121 Å². The Hall–Kier alpha value is -1.91. The molecule has 0 aliphatic carbocycles. The van der Waals surface area contributed by atoms with Crippen LogP contribution in [0, 0.1) is 0 Å². The van der Waals surface area contributed by atoms with E-state index >= 15 is 0 Å². The summed E-state index contributed by atoms with van der Waals surface area (Å²) in [5, 5.41) is 5.54. The highest BCUT2D eigenvalue weighted by molar-refractivity contribution is 7.13. The van der Waals surface area contributed by atoms with Crippen LogP contribution in [0.1, 0.15) is 11.1 Å². The average molecular weight is 281 g/mol. The van der Waals surface area contributed by atoms with Crippen LogP contribution in [0.15, 0.2) is 48.2 Å². The van der Waals surface area contributed by atoms with E-state index in [1.165, 1.54) is 27.4 Å². The highest BCUT2D eigenvalue weighted by Crippen LogP contribution is 2.29. The van der Waals surface area contributed by atoms with E-state index in [4.69, 9.17) is 0 Å². The Morgan fingerprint density at radius 2 is 2.20 bits per heavy atom. The van der Waals surface area contributed by atoms with Gasteiger partial charge in [-0.25, -0.2) is 4.98 Å². The van der Waals surface area contributed by atoms with Crippen LogP contribution in [0.4, 0.5) is 0 Å². The highest BCUT2D eigenvalue weighted by Gasteiger charge is 2.16. The fourth-order valence-electron chi connectivity index (χ4n) is 2.83. The van der Waals surface area contributed by atoms with Crippen LogP contribution in [0.25, 0.3) is 16.3 Å². The van der Waals surface area contributed by atoms with Crippen molar-refractivity contribution in [1.29, 1.82) is 0 Å². The summed E-state index contributed by atoms with van der Waals surface area (Å²) in [5.41, 5.74) is 5.29. The van der Waals surface area contributed by atoms with E-state index in [1.807, 2.05) is 12.5 Å². The van der Waals surface area contributed by atoms with Crippen LogP contribution < -0.4 is 5.32 Å². The molecule has 0 amide bonds. The number of nitrogens with one attached hydrogen (secondary N) is 1. The molecule has 0 spiro atoms. The van der Waals surface area contributed by atoms with Gasteiger partial charge in [-0.2, -0.15) is 0 Å². The van der Waals surface area contributed by atoms with Crippen molar-refractivity contribution in [2.75, 3.05) is 6.54 Å². The summed E-state index contributed by atoms with van der Waals surface area (Å²) in [6.45, 7) is 2.01. The Kier molecular flexibility index (Phi) is 2.90. The number of hydrogen-bond acceptors (Lipinski definition) is 3. The van der Waals surface area contributed by atoms with Gasteiger partial charge in [0.2, 0.25) is 0 Å². The number of rotatable bonds is 2. The monoisotopic (exact) mass is 281 g/mol. The minimum atomic E-state index is 0.964. The number of imidazole rings is 1. The molecule has 3 aromatic rings. The smallest absolute Gasteiger partial charge is 0.0997 e. The molecule has 4 heteroatoms. The Bertz CT molecular complexity index is 728. The third kappa shape index (κ3) is 1.88. The van der Waals surface area contributed by atoms with E-state index in [2.05, 4.69) is 50.6 Å². The van der Waals surface area contributed by atoms with E-state index in [9.17, 15) is 0 Å². The lowest BCUT2D eigenvalue weighted by Gasteiger charge is -2.21. The zero-order valence-corrected chi connectivity index (χ0v) is 11.9. The summed E-state index contributed by atoms with van der Waals surface area (Å²) in [6.07, 6.45) is 4.95. The first-order valence-corrected chi connectivity index (χ1v) is 7.69. The fourth-order valence-corrected chi connectivity index (χ4v) is 3.56. The first-order chi connectivity index (χ1) is 9.93. The maximum atomic E-state index is 4.36. The van der Waals surface area contributed by atoms with E-state index in [0.717, 1.165) is 19.5 Å². The van der Waals surface area contributed by atoms with E-state index < -0.39 is 0 Å². The van der Waals surface area contributed by atoms with Gasteiger partial charge in [-0.3, -0.25) is 4.57 Å². The number of aromatic nitrogens is 2. The number of hydrogen-bond donors (Lipinski definition) is 1. The van der Waals surface area contributed by atoms with Gasteiger partial charge in [0.25, 0.3) is 0 Å². The maximum Gasteiger partial charge on any atom is 0.0997 e. The predicted molar refractivity (Wildman–Crippen MR) is 82.3 cm³/mol. The molecular weight excluding hydrogens is 266 g/mol. The Balaban J connectivity index is 1.89. The molecule has 1 aliphatic rings. The van der Waals surface area contributed by atoms with Gasteiger partial charge in [0.15, 0.2) is 0 Å². The summed E-state index contributed by atoms with van der Waals surface area (Å²) in [4.78, 5) is 5.62. The number of thiophene rings is 1. The Morgan fingerprint density at radius 1 is 1.20 bits per heavy atom. The van der Waals surface area contributed by atoms with Gasteiger partial charge in [-0.1, -0.05) is 18.2 Å². The summed E-state index contributed by atoms with van der Waals surface area (Å²) < 4.78 is 2.22. The second-order valence-corrected chi connectivity index (χ2v) is 5.92. The van der Waals surface area contributed by atoms with Gasteiger partial charge < -0.3 is 5.32 Å². The van der Waals surface area contributed by atoms with Crippen molar-refractivity contribution in [2.24, 2.45) is 0 Å². The molecule has 2 aromatic heterocycles. The number of benzene rings is 1. The van der Waals surface area contributed by atoms with Crippen LogP contribution in [-0.2, 0) is 13.0 Å². The maximum absolute atomic E-state index is 4.36. The molecule has 1 aliphatic heterocycles. The average Bonchev–Trinajstić information content (AvgIpc) is 3.17. The lowest BCUT2D eigenvalue weighted by Crippen LogP contribution is -2.24. The zero-order chi connectivity index (χ0) is 13.4. The van der Waals surface area contributed by atoms with E-state index in [1.54, 1.807) is 11.3 Å². The molecule has 3 nitrogen and oxygen atoms in total. The van der Waals surface area contributed by atoms with Crippen LogP contribution in [0.2, 0.25) is 0 Å². The van der Waals surface area contributed by atoms with Crippen LogP contribution in [-0.4, -0.2) is 16.1 Å². The number of nitrogens with zero attached hydrogens (tertiary/aromatic N) is 2. The van der Waals surface area contributed by atoms with E-state index in [-0.39, 0.29) is 0 Å². The lowest BCUT2D eigenvalue weighted by molar-refractivity contribution is 0.641. The first-order valence-electron chi connectivity index (χ1n) is 6.81. The van der Waals surface area contributed by atoms with Gasteiger partial charge in [0.1, 0.15) is 0 Å². The lowest BCUT2D eigenvalue weighted by atomic mass is 9.99. The summed E-state index contributed by atoms with van der Waals surface area (Å²) >= 11 is 1.75. The minimum Gasteiger partial charge on any atom is -0.312 e. The van der Waals surface area contributed by atoms with Crippen LogP contribution in [0.3, 0.4) is 0 Å². The molecule has 0 atom stereocenters. The minimum absolute atomic E-state index is 0.964. The van der Waals surface area contributed by atoms with Crippen LogP contribution >= 0.6 is 11.3 Å². The van der Waals surface area contributed by atoms with Crippen molar-refractivity contribution in [3.05, 3.63) is 59.4 Å². The molecule has 3 heterocycles. The molecule has 20 heavy (non-hydrogen) atoms. The predicted octanol–water partition coefficient (Wildman–Crippen LogP) is 3.25. The van der Waals surface area contributed by atoms with Crippen molar-refractivity contribution in [2.45, 2.75) is 13.0 Å². The summed E-state index contributed by atoms with van der Waals surface area (Å²) in [6, 6.07) is 10.8. The molecule has 0 saturated heterocycles. The molecule has 0 unspecified atom stereocenters. The second-order valence-electron chi connectivity index (χ2n) is 4.97. The second kappa shape index (κ2) is 4.89. The standard InChI is InChI=1S/C16H15N3S/c1-3-12-9-17-7-6-13(12)14(4-1)19-11-18-10-15(19)16-5-2-8-20-16/h1-5,8,10-11,17H,6-7,9H2. The molecule has 4 rings (SSSR count). The molecule has 0 saturated carbocycles. The van der Waals surface area contributed by atoms with Crippen molar-refractivity contribution >= 4 is 11.3 Å². The quantitative estimate of drug-likeness (QED) is 0.781. The van der Waals surface area contributed by atoms with Crippen LogP contribution in [0.5, 0.6) is 0 Å². The van der Waals surface area contributed by atoms with E-state index in [0.29, 0.717) is 0 Å². The van der Waals surface area contributed by atoms with Crippen molar-refractivity contribution < 1.29 is 0 Å². The molecule has 100 valence electrons. The molecule has 1 aromatic carbocycles. The van der Waals surface area contributed by atoms with Gasteiger partial charge in [0.05, 0.1) is 28.8 Å². The summed E-state index contributed by atoms with van der Waals surface area (Å²) in [7, 11) is 0. The van der Waals surface area contributed by atoms with Gasteiger partial charge in [-0.05, 0) is 41.6 Å². The SMILES string of the molecule is c1csc(-c2cncn2-c2cccc3c2CCNC3)c1. The van der Waals surface area contributed by atoms with Crippen molar-refractivity contribution in [3.63, 3.8) is 0 Å². The molecule has 1 N–H and O–H groups in total. The van der Waals surface area contributed by atoms with Gasteiger partial charge in [0, 0.05) is 6.54 Å². The van der Waals surface area contributed by atoms with Gasteiger partial charge >= 0.3 is 0 Å². The first kappa shape index (κ1) is 11.9. The van der Waals surface area contributed by atoms with Crippen molar-refractivity contribution in [1.82, 2.24) is 14.9 Å². The number of fused-ring (bicyclic) bond motifs is 1. The third-order valence-electron chi connectivity index (χ3n) is 3.79. The largest absolute Gasteiger partial charge is 0.312 e. The zero-order valence-electron chi connectivity index (χ0n) is 11.0. The Morgan fingerprint density at radius 3 is 3.10 bits per heavy atom. The highest BCUT2D eigenvalue weighted by atomic mass is 32.1. The normalized spacial score (nSPS) is 14.2. The van der Waals surface area contributed by atoms with Gasteiger partial charge in [-0.15, -0.1) is 11.3 Å². The molecule has 0 bridgehead atoms. The third-order valence-corrected chi connectivity index (χ3v) is 4.68. The summed E-state index contributed by atoms with van der Waals surface area (Å²) in [5.74, 6) is 0. The molecule has 0 fully saturated rings. The fraction of sp³-hybridized carbons (Fsp3) is 0.188. The molecular formula is C16H15N3S.